The summed E-state index contributed by atoms with van der Waals surface area (Å²) in [6.45, 7) is 18.6. The number of aryl methyl sites for hydroxylation is 4. The van der Waals surface area contributed by atoms with Gasteiger partial charge in [-0.3, -0.25) is 9.97 Å². The van der Waals surface area contributed by atoms with E-state index in [2.05, 4.69) is 123 Å². The molecule has 50 heavy (non-hydrogen) atoms. The summed E-state index contributed by atoms with van der Waals surface area (Å²) in [6, 6.07) is 27.8. The predicted molar refractivity (Wildman–Crippen MR) is 201 cm³/mol. The summed E-state index contributed by atoms with van der Waals surface area (Å²) < 4.78 is 4.69. The Kier molecular flexibility index (Phi) is 9.96. The van der Waals surface area contributed by atoms with Gasteiger partial charge in [0.25, 0.3) is 0 Å². The molecule has 0 bridgehead atoms. The molecular formula is C43H48IrN6-2. The van der Waals surface area contributed by atoms with Crippen LogP contribution in [-0.4, -0.2) is 30.6 Å². The maximum absolute atomic E-state index is 5.25. The number of para-hydroxylation sites is 1. The van der Waals surface area contributed by atoms with Crippen molar-refractivity contribution >= 4 is 16.9 Å². The third kappa shape index (κ3) is 6.13. The Labute approximate surface area is 311 Å². The van der Waals surface area contributed by atoms with Crippen molar-refractivity contribution in [2.45, 2.75) is 98.6 Å². The largest absolute Gasteiger partial charge is 0.374 e. The number of anilines is 1. The molecule has 3 aromatic heterocycles. The summed E-state index contributed by atoms with van der Waals surface area (Å²) in [7, 11) is 0. The van der Waals surface area contributed by atoms with Crippen molar-refractivity contribution in [2.24, 2.45) is 0 Å². The Morgan fingerprint density at radius 2 is 1.56 bits per heavy atom. The molecular weight excluding hydrogens is 793 g/mol. The minimum absolute atomic E-state index is 0. The first-order chi connectivity index (χ1) is 23.5. The van der Waals surface area contributed by atoms with Gasteiger partial charge in [-0.25, -0.2) is 0 Å². The van der Waals surface area contributed by atoms with Gasteiger partial charge in [-0.1, -0.05) is 51.5 Å². The van der Waals surface area contributed by atoms with E-state index < -0.39 is 0 Å². The van der Waals surface area contributed by atoms with E-state index >= 15 is 0 Å². The van der Waals surface area contributed by atoms with Crippen LogP contribution < -0.4 is 4.90 Å². The topological polar surface area (TPSA) is 51.8 Å². The van der Waals surface area contributed by atoms with Gasteiger partial charge in [-0.05, 0) is 105 Å². The fourth-order valence-electron chi connectivity index (χ4n) is 7.76. The van der Waals surface area contributed by atoms with E-state index in [0.717, 1.165) is 65.6 Å². The number of nitrogens with zero attached hydrogens (tertiary/aromatic N) is 6. The molecule has 1 fully saturated rings. The average Bonchev–Trinajstić information content (AvgIpc) is 3.84. The van der Waals surface area contributed by atoms with Gasteiger partial charge in [-0.2, -0.15) is 0 Å². The second-order valence-electron chi connectivity index (χ2n) is 14.9. The van der Waals surface area contributed by atoms with Gasteiger partial charge in [0.2, 0.25) is 0 Å². The van der Waals surface area contributed by atoms with Crippen LogP contribution in [0.25, 0.3) is 39.5 Å². The maximum Gasteiger partial charge on any atom is 0.104 e. The third-order valence-electron chi connectivity index (χ3n) is 10.4. The molecule has 4 heterocycles. The van der Waals surface area contributed by atoms with Gasteiger partial charge in [0.15, 0.2) is 0 Å². The average molecular weight is 841 g/mol. The molecule has 3 aromatic carbocycles. The van der Waals surface area contributed by atoms with Gasteiger partial charge >= 0.3 is 0 Å². The SMILES string of the molecule is CCCN1c2nc(C(C)(C)C)c[c-]c2-c2nc3cc(C)c(C)cc3n2C12CCCC2.Cc1cccc(C)c1-n1ccnc1-c1[c-]cccc1.[Ir]. The molecule has 0 N–H and O–H groups in total. The number of aromatic nitrogens is 5. The number of rotatable bonds is 4. The summed E-state index contributed by atoms with van der Waals surface area (Å²) >= 11 is 0. The van der Waals surface area contributed by atoms with Crippen LogP contribution in [0.15, 0.2) is 73.1 Å². The van der Waals surface area contributed by atoms with Gasteiger partial charge in [0.05, 0.1) is 22.7 Å². The van der Waals surface area contributed by atoms with E-state index in [0.29, 0.717) is 0 Å². The Balaban J connectivity index is 0.000000187. The van der Waals surface area contributed by atoms with Gasteiger partial charge in [0, 0.05) is 50.5 Å². The molecule has 8 rings (SSSR count). The van der Waals surface area contributed by atoms with Crippen LogP contribution in [0.4, 0.5) is 5.82 Å². The van der Waals surface area contributed by atoms with E-state index in [-0.39, 0.29) is 31.2 Å². The Bertz CT molecular complexity index is 2110. The Morgan fingerprint density at radius 3 is 2.22 bits per heavy atom. The summed E-state index contributed by atoms with van der Waals surface area (Å²) in [5, 5.41) is 0. The summed E-state index contributed by atoms with van der Waals surface area (Å²) in [6.07, 6.45) is 9.75. The summed E-state index contributed by atoms with van der Waals surface area (Å²) in [5.41, 5.74) is 11.8. The summed E-state index contributed by atoms with van der Waals surface area (Å²) in [4.78, 5) is 17.5. The molecule has 261 valence electrons. The van der Waals surface area contributed by atoms with Gasteiger partial charge in [0.1, 0.15) is 5.66 Å². The number of hydrogen-bond acceptors (Lipinski definition) is 4. The Morgan fingerprint density at radius 1 is 0.840 bits per heavy atom. The number of imidazole rings is 2. The normalized spacial score (nSPS) is 14.6. The molecule has 1 radical (unpaired) electrons. The number of benzene rings is 3. The zero-order chi connectivity index (χ0) is 34.5. The minimum atomic E-state index is -0.0634. The van der Waals surface area contributed by atoms with Gasteiger partial charge < -0.3 is 19.0 Å². The number of pyridine rings is 1. The van der Waals surface area contributed by atoms with Gasteiger partial charge in [-0.15, -0.1) is 48.0 Å². The molecule has 1 spiro atoms. The fraction of sp³-hybridized carbons (Fsp3) is 0.372. The first kappa shape index (κ1) is 35.8. The van der Waals surface area contributed by atoms with Crippen LogP contribution in [0, 0.1) is 39.8 Å². The molecule has 0 atom stereocenters. The first-order valence-electron chi connectivity index (χ1n) is 17.8. The monoisotopic (exact) mass is 841 g/mol. The van der Waals surface area contributed by atoms with Crippen molar-refractivity contribution in [1.82, 2.24) is 24.1 Å². The molecule has 0 amide bonds. The van der Waals surface area contributed by atoms with Crippen LogP contribution in [-0.2, 0) is 31.2 Å². The minimum Gasteiger partial charge on any atom is -0.374 e. The van der Waals surface area contributed by atoms with E-state index in [1.807, 2.05) is 36.7 Å². The second-order valence-corrected chi connectivity index (χ2v) is 14.9. The standard InChI is InChI=1S/C26H33N4.C17H15N2.Ir/c1-7-14-29-23-19(10-11-22(28-23)25(4,5)6)24-27-20-15-17(2)18(3)16-21(20)30(24)26(29)12-8-9-13-26;1-13-7-6-8-14(2)16(13)19-12-11-18-17(19)15-9-4-3-5-10-15;/h11,15-16H,7-9,12-14H2,1-6H3;3-9,11-12H,1-2H3;/q2*-1;. The molecule has 1 saturated carbocycles. The van der Waals surface area contributed by atoms with E-state index in [9.17, 15) is 0 Å². The van der Waals surface area contributed by atoms with E-state index in [4.69, 9.17) is 9.97 Å². The van der Waals surface area contributed by atoms with Crippen LogP contribution in [0.1, 0.15) is 87.7 Å². The second kappa shape index (κ2) is 13.9. The van der Waals surface area contributed by atoms with Crippen LogP contribution in [0.2, 0.25) is 0 Å². The number of fused-ring (bicyclic) bond motifs is 6. The van der Waals surface area contributed by atoms with E-state index in [1.54, 1.807) is 0 Å². The fourth-order valence-corrected chi connectivity index (χ4v) is 7.76. The zero-order valence-electron chi connectivity index (χ0n) is 30.7. The van der Waals surface area contributed by atoms with Crippen LogP contribution >= 0.6 is 0 Å². The number of hydrogen-bond donors (Lipinski definition) is 0. The zero-order valence-corrected chi connectivity index (χ0v) is 33.1. The van der Waals surface area contributed by atoms with Crippen molar-refractivity contribution in [3.05, 3.63) is 113 Å². The van der Waals surface area contributed by atoms with Crippen molar-refractivity contribution < 1.29 is 20.1 Å². The molecule has 6 aromatic rings. The van der Waals surface area contributed by atoms with Crippen molar-refractivity contribution in [3.8, 4) is 28.5 Å². The van der Waals surface area contributed by atoms with Crippen molar-refractivity contribution in [1.29, 1.82) is 0 Å². The first-order valence-corrected chi connectivity index (χ1v) is 17.8. The molecule has 1 aliphatic heterocycles. The predicted octanol–water partition coefficient (Wildman–Crippen LogP) is 10.2. The Hall–Kier alpha value is -4.06. The molecule has 0 saturated heterocycles. The molecule has 1 aliphatic carbocycles. The third-order valence-corrected chi connectivity index (χ3v) is 10.4. The van der Waals surface area contributed by atoms with Crippen molar-refractivity contribution in [3.63, 3.8) is 0 Å². The maximum atomic E-state index is 5.25. The molecule has 0 unspecified atom stereocenters. The smallest absolute Gasteiger partial charge is 0.104 e. The van der Waals surface area contributed by atoms with Crippen LogP contribution in [0.3, 0.4) is 0 Å². The molecule has 6 nitrogen and oxygen atoms in total. The quantitative estimate of drug-likeness (QED) is 0.166. The van der Waals surface area contributed by atoms with Crippen molar-refractivity contribution in [2.75, 3.05) is 11.4 Å². The molecule has 2 aliphatic rings. The van der Waals surface area contributed by atoms with E-state index in [1.165, 1.54) is 46.3 Å². The van der Waals surface area contributed by atoms with Crippen LogP contribution in [0.5, 0.6) is 0 Å². The summed E-state index contributed by atoms with van der Waals surface area (Å²) in [5.74, 6) is 3.06. The molecule has 7 heteroatoms.